The van der Waals surface area contributed by atoms with Crippen molar-refractivity contribution in [2.45, 2.75) is 25.5 Å². The Hall–Kier alpha value is -3.56. The van der Waals surface area contributed by atoms with Gasteiger partial charge in [0.2, 0.25) is 27.8 Å². The lowest BCUT2D eigenvalue weighted by atomic mass is 9.92. The second-order valence-corrected chi connectivity index (χ2v) is 10.4. The van der Waals surface area contributed by atoms with Crippen LogP contribution in [-0.4, -0.2) is 56.3 Å². The molecule has 196 valence electrons. The van der Waals surface area contributed by atoms with E-state index in [1.807, 2.05) is 0 Å². The number of sulfonamides is 1. The number of hydrogen-bond donors (Lipinski definition) is 2. The fourth-order valence-electron chi connectivity index (χ4n) is 3.70. The summed E-state index contributed by atoms with van der Waals surface area (Å²) in [5, 5.41) is 16.3. The Labute approximate surface area is 213 Å². The molecule has 3 heterocycles. The molecule has 3 N–H and O–H groups in total. The first-order valence-electron chi connectivity index (χ1n) is 10.5. The van der Waals surface area contributed by atoms with Crippen molar-refractivity contribution >= 4 is 39.5 Å². The van der Waals surface area contributed by atoms with Crippen LogP contribution in [0.15, 0.2) is 33.9 Å². The zero-order chi connectivity index (χ0) is 27.0. The number of aliphatic imine (C=N–C) groups is 1. The second kappa shape index (κ2) is 10.1. The maximum atomic E-state index is 14.9. The number of nitrogens with two attached hydrogens (primary N) is 1. The molecule has 0 radical (unpaired) electrons. The summed E-state index contributed by atoms with van der Waals surface area (Å²) in [7, 11) is -4.18. The number of aliphatic hydroxyl groups is 1. The number of halogens is 4. The van der Waals surface area contributed by atoms with E-state index < -0.39 is 56.9 Å². The predicted molar refractivity (Wildman–Crippen MR) is 126 cm³/mol. The van der Waals surface area contributed by atoms with Crippen LogP contribution in [0.4, 0.5) is 13.2 Å². The average molecular weight is 558 g/mol. The molecule has 0 saturated carbocycles. The first kappa shape index (κ1) is 26.5. The molecule has 0 bridgehead atoms. The molecule has 16 heteroatoms. The lowest BCUT2D eigenvalue weighted by Gasteiger charge is -2.36. The van der Waals surface area contributed by atoms with Crippen LogP contribution in [0.5, 0.6) is 0 Å². The summed E-state index contributed by atoms with van der Waals surface area (Å²) in [6.45, 7) is 0.560. The van der Waals surface area contributed by atoms with Gasteiger partial charge >= 0.3 is 0 Å². The van der Waals surface area contributed by atoms with Crippen LogP contribution in [0, 0.1) is 11.6 Å². The molecule has 0 spiro atoms. The topological polar surface area (TPSA) is 161 Å². The van der Waals surface area contributed by atoms with Crippen molar-refractivity contribution in [3.8, 4) is 0 Å². The van der Waals surface area contributed by atoms with Crippen molar-refractivity contribution in [3.05, 3.63) is 69.9 Å². The molecule has 0 aliphatic carbocycles. The van der Waals surface area contributed by atoms with Crippen LogP contribution in [-0.2, 0) is 28.6 Å². The summed E-state index contributed by atoms with van der Waals surface area (Å²) >= 11 is 5.64. The third kappa shape index (κ3) is 5.57. The Kier molecular flexibility index (Phi) is 7.21. The van der Waals surface area contributed by atoms with E-state index in [1.54, 1.807) is 0 Å². The molecule has 11 nitrogen and oxygen atoms in total. The van der Waals surface area contributed by atoms with Gasteiger partial charge in [0, 0.05) is 18.5 Å². The summed E-state index contributed by atoms with van der Waals surface area (Å²) in [4.78, 5) is 11.6. The van der Waals surface area contributed by atoms with Crippen molar-refractivity contribution < 1.29 is 31.1 Å². The fraction of sp³-hybridized carbons (Fsp3) is 0.286. The van der Waals surface area contributed by atoms with Crippen LogP contribution in [0.25, 0.3) is 11.9 Å². The van der Waals surface area contributed by atoms with E-state index in [0.29, 0.717) is 0 Å². The van der Waals surface area contributed by atoms with E-state index in [9.17, 15) is 21.6 Å². The Morgan fingerprint density at radius 1 is 1.27 bits per heavy atom. The molecule has 4 rings (SSSR count). The van der Waals surface area contributed by atoms with Crippen LogP contribution < -0.4 is 5.73 Å². The summed E-state index contributed by atoms with van der Waals surface area (Å²) in [5.74, 6) is -4.84. The zero-order valence-corrected chi connectivity index (χ0v) is 20.6. The maximum Gasteiger partial charge on any atom is 0.241 e. The molecule has 1 aliphatic heterocycles. The highest BCUT2D eigenvalue weighted by molar-refractivity contribution is 7.89. The van der Waals surface area contributed by atoms with Gasteiger partial charge in [-0.3, -0.25) is 0 Å². The number of aromatic nitrogens is 4. The number of benzene rings is 1. The Morgan fingerprint density at radius 2 is 2.00 bits per heavy atom. The fourth-order valence-corrected chi connectivity index (χ4v) is 5.58. The van der Waals surface area contributed by atoms with Crippen molar-refractivity contribution in [1.82, 2.24) is 24.5 Å². The van der Waals surface area contributed by atoms with Crippen molar-refractivity contribution in [2.24, 2.45) is 10.7 Å². The molecule has 0 unspecified atom stereocenters. The number of guanidine groups is 1. The molecule has 3 aromatic rings. The third-order valence-corrected chi connectivity index (χ3v) is 7.54. The molecule has 37 heavy (non-hydrogen) atoms. The predicted octanol–water partition coefficient (Wildman–Crippen LogP) is 2.17. The van der Waals surface area contributed by atoms with Gasteiger partial charge in [0.25, 0.3) is 0 Å². The molecule has 1 atom stereocenters. The van der Waals surface area contributed by atoms with Gasteiger partial charge < -0.3 is 15.3 Å². The highest BCUT2D eigenvalue weighted by Crippen LogP contribution is 2.36. The minimum Gasteiger partial charge on any atom is -0.423 e. The van der Waals surface area contributed by atoms with Crippen LogP contribution in [0.1, 0.15) is 35.5 Å². The van der Waals surface area contributed by atoms with Gasteiger partial charge in [-0.1, -0.05) is 11.6 Å². The smallest absolute Gasteiger partial charge is 0.241 e. The van der Waals surface area contributed by atoms with Gasteiger partial charge in [0.1, 0.15) is 23.0 Å². The van der Waals surface area contributed by atoms with E-state index >= 15 is 0 Å². The van der Waals surface area contributed by atoms with E-state index in [2.05, 4.69) is 25.2 Å². The molecule has 1 aromatic carbocycles. The number of nitrogens with zero attached hydrogens (tertiary/aromatic N) is 6. The molecule has 0 saturated heterocycles. The Balaban J connectivity index is 1.66. The van der Waals surface area contributed by atoms with E-state index in [4.69, 9.17) is 26.9 Å². The van der Waals surface area contributed by atoms with E-state index in [0.717, 1.165) is 34.9 Å². The minimum absolute atomic E-state index is 0.0367. The first-order chi connectivity index (χ1) is 17.4. The summed E-state index contributed by atoms with van der Waals surface area (Å²) in [6, 6.07) is 1.82. The summed E-state index contributed by atoms with van der Waals surface area (Å²) in [5.41, 5.74) is 3.34. The first-order valence-corrected chi connectivity index (χ1v) is 12.5. The Bertz CT molecular complexity index is 1500. The number of aliphatic hydroxyl groups excluding tert-OH is 1. The van der Waals surface area contributed by atoms with Crippen LogP contribution in [0.3, 0.4) is 0 Å². The minimum atomic E-state index is -4.18. The highest BCUT2D eigenvalue weighted by atomic mass is 35.5. The zero-order valence-electron chi connectivity index (χ0n) is 19.1. The molecule has 2 aromatic heterocycles. The average Bonchev–Trinajstić information content (AvgIpc) is 3.28. The number of rotatable bonds is 7. The van der Waals surface area contributed by atoms with Gasteiger partial charge in [0.05, 0.1) is 18.1 Å². The van der Waals surface area contributed by atoms with Crippen molar-refractivity contribution in [3.63, 3.8) is 0 Å². The number of hydrogen-bond acceptors (Lipinski definition) is 10. The monoisotopic (exact) mass is 557 g/mol. The van der Waals surface area contributed by atoms with Gasteiger partial charge in [-0.2, -0.15) is 0 Å². The lowest BCUT2D eigenvalue weighted by Crippen LogP contribution is -2.53. The van der Waals surface area contributed by atoms with Gasteiger partial charge in [0.15, 0.2) is 17.5 Å². The van der Waals surface area contributed by atoms with Gasteiger partial charge in [-0.15, -0.1) is 10.2 Å². The molecule has 0 amide bonds. The summed E-state index contributed by atoms with van der Waals surface area (Å²) < 4.78 is 76.2. The lowest BCUT2D eigenvalue weighted by molar-refractivity contribution is 0.236. The maximum absolute atomic E-state index is 14.9. The van der Waals surface area contributed by atoms with E-state index in [-0.39, 0.29) is 41.2 Å². The quantitative estimate of drug-likeness (QED) is 0.443. The van der Waals surface area contributed by atoms with Crippen molar-refractivity contribution in [2.75, 3.05) is 12.3 Å². The second-order valence-electron chi connectivity index (χ2n) is 8.15. The largest absolute Gasteiger partial charge is 0.423 e. The van der Waals surface area contributed by atoms with Crippen LogP contribution >= 0.6 is 11.6 Å². The van der Waals surface area contributed by atoms with Gasteiger partial charge in [-0.25, -0.2) is 40.9 Å². The molecular formula is C21H19ClF3N7O4S. The Morgan fingerprint density at radius 3 is 2.62 bits per heavy atom. The molecule has 1 aliphatic rings. The summed E-state index contributed by atoms with van der Waals surface area (Å²) in [6.07, 6.45) is 3.01. The SMILES string of the molecule is C[C@@]1(c2cc(/C=C(\F)c3cnc(Cl)cn3)cc(F)c2F)CS(=O)(=O)N(CCc2nnc(CO)o2)C(N)=N1. The van der Waals surface area contributed by atoms with Crippen LogP contribution in [0.2, 0.25) is 5.15 Å². The van der Waals surface area contributed by atoms with Gasteiger partial charge in [-0.05, 0) is 30.7 Å². The molecule has 0 fully saturated rings. The highest BCUT2D eigenvalue weighted by Gasteiger charge is 2.43. The normalized spacial score (nSPS) is 19.7. The van der Waals surface area contributed by atoms with Crippen molar-refractivity contribution in [1.29, 1.82) is 0 Å². The molecular weight excluding hydrogens is 539 g/mol. The third-order valence-electron chi connectivity index (χ3n) is 5.38. The standard InChI is InChI=1S/C21H19ClF3N7O4S/c1-21(10-37(34,35)32(20(26)29-21)3-2-17-30-31-18(9-33)36-17)12-4-11(6-14(24)19(12)25)5-13(23)15-7-28-16(22)8-27-15/h4-8,33H,2-3,9-10H2,1H3,(H2,26,29)/b13-5-/t21-/m0/s1. The van der Waals surface area contributed by atoms with E-state index in [1.165, 1.54) is 6.92 Å².